The predicted molar refractivity (Wildman–Crippen MR) is 85.1 cm³/mol. The number of morpholine rings is 1. The standard InChI is InChI=1S/C15H21N3O2S/c1-9-10(2)21-14-12(9)13(16-8-17-14)18-5-11(6-19)20-15(3,4)7-18/h8,11,19H,5-7H2,1-4H3. The number of nitrogens with zero attached hydrogens (tertiary/aromatic N) is 3. The lowest BCUT2D eigenvalue weighted by Crippen LogP contribution is -2.54. The van der Waals surface area contributed by atoms with Crippen LogP contribution >= 0.6 is 11.3 Å². The second-order valence-electron chi connectivity index (χ2n) is 6.22. The number of aryl methyl sites for hydroxylation is 2. The molecule has 0 radical (unpaired) electrons. The molecule has 1 atom stereocenters. The number of thiophene rings is 1. The third kappa shape index (κ3) is 2.63. The molecule has 114 valence electrons. The van der Waals surface area contributed by atoms with Crippen LogP contribution in [0.4, 0.5) is 5.82 Å². The molecule has 1 aliphatic rings. The van der Waals surface area contributed by atoms with E-state index in [1.54, 1.807) is 17.7 Å². The Hall–Kier alpha value is -1.24. The molecule has 0 saturated carbocycles. The van der Waals surface area contributed by atoms with Gasteiger partial charge in [0.1, 0.15) is 17.0 Å². The number of hydrogen-bond acceptors (Lipinski definition) is 6. The van der Waals surface area contributed by atoms with Crippen molar-refractivity contribution in [1.29, 1.82) is 0 Å². The minimum atomic E-state index is -0.304. The van der Waals surface area contributed by atoms with Crippen LogP contribution in [0.1, 0.15) is 24.3 Å². The highest BCUT2D eigenvalue weighted by Crippen LogP contribution is 2.36. The molecule has 0 bridgehead atoms. The first kappa shape index (κ1) is 14.7. The van der Waals surface area contributed by atoms with Gasteiger partial charge in [0.2, 0.25) is 0 Å². The van der Waals surface area contributed by atoms with Crippen molar-refractivity contribution in [2.75, 3.05) is 24.6 Å². The monoisotopic (exact) mass is 307 g/mol. The van der Waals surface area contributed by atoms with E-state index < -0.39 is 0 Å². The van der Waals surface area contributed by atoms with Gasteiger partial charge in [-0.15, -0.1) is 11.3 Å². The van der Waals surface area contributed by atoms with Gasteiger partial charge >= 0.3 is 0 Å². The van der Waals surface area contributed by atoms with E-state index in [4.69, 9.17) is 4.74 Å². The van der Waals surface area contributed by atoms with Crippen molar-refractivity contribution < 1.29 is 9.84 Å². The average molecular weight is 307 g/mol. The molecule has 0 aromatic carbocycles. The second-order valence-corrected chi connectivity index (χ2v) is 7.43. The molecule has 1 saturated heterocycles. The molecule has 0 aliphatic carbocycles. The normalized spacial score (nSPS) is 22.0. The van der Waals surface area contributed by atoms with Crippen molar-refractivity contribution in [3.8, 4) is 0 Å². The molecule has 21 heavy (non-hydrogen) atoms. The summed E-state index contributed by atoms with van der Waals surface area (Å²) < 4.78 is 5.89. The number of ether oxygens (including phenoxy) is 1. The van der Waals surface area contributed by atoms with E-state index in [9.17, 15) is 5.11 Å². The maximum absolute atomic E-state index is 9.48. The van der Waals surface area contributed by atoms with Gasteiger partial charge in [0.25, 0.3) is 0 Å². The van der Waals surface area contributed by atoms with Gasteiger partial charge in [0.15, 0.2) is 0 Å². The lowest BCUT2D eigenvalue weighted by Gasteiger charge is -2.43. The zero-order chi connectivity index (χ0) is 15.2. The van der Waals surface area contributed by atoms with E-state index in [0.29, 0.717) is 6.54 Å². The highest BCUT2D eigenvalue weighted by Gasteiger charge is 2.34. The van der Waals surface area contributed by atoms with Gasteiger partial charge < -0.3 is 14.7 Å². The SMILES string of the molecule is Cc1sc2ncnc(N3CC(CO)OC(C)(C)C3)c2c1C. The Labute approximate surface area is 128 Å². The Morgan fingerprint density at radius 1 is 1.43 bits per heavy atom. The van der Waals surface area contributed by atoms with E-state index >= 15 is 0 Å². The number of aromatic nitrogens is 2. The van der Waals surface area contributed by atoms with Gasteiger partial charge in [-0.25, -0.2) is 9.97 Å². The van der Waals surface area contributed by atoms with Crippen LogP contribution in [0.15, 0.2) is 6.33 Å². The van der Waals surface area contributed by atoms with Crippen LogP contribution < -0.4 is 4.90 Å². The van der Waals surface area contributed by atoms with Gasteiger partial charge in [0.05, 0.1) is 23.7 Å². The first-order valence-corrected chi connectivity index (χ1v) is 7.97. The highest BCUT2D eigenvalue weighted by molar-refractivity contribution is 7.18. The summed E-state index contributed by atoms with van der Waals surface area (Å²) in [5.74, 6) is 0.955. The van der Waals surface area contributed by atoms with E-state index in [2.05, 4.69) is 28.7 Å². The molecule has 2 aromatic rings. The quantitative estimate of drug-likeness (QED) is 0.922. The highest BCUT2D eigenvalue weighted by atomic mass is 32.1. The van der Waals surface area contributed by atoms with Gasteiger partial charge in [-0.3, -0.25) is 0 Å². The van der Waals surface area contributed by atoms with Crippen molar-refractivity contribution in [2.24, 2.45) is 0 Å². The summed E-state index contributed by atoms with van der Waals surface area (Å²) in [6, 6.07) is 0. The van der Waals surface area contributed by atoms with Crippen LogP contribution in [0.2, 0.25) is 0 Å². The Bertz CT molecular complexity index is 668. The molecule has 0 spiro atoms. The van der Waals surface area contributed by atoms with Crippen LogP contribution in [0, 0.1) is 13.8 Å². The third-order valence-corrected chi connectivity index (χ3v) is 5.05. The van der Waals surface area contributed by atoms with Crippen molar-refractivity contribution >= 4 is 27.4 Å². The number of fused-ring (bicyclic) bond motifs is 1. The Balaban J connectivity index is 2.07. The summed E-state index contributed by atoms with van der Waals surface area (Å²) in [7, 11) is 0. The van der Waals surface area contributed by atoms with E-state index in [-0.39, 0.29) is 18.3 Å². The summed E-state index contributed by atoms with van der Waals surface area (Å²) in [6.45, 7) is 9.76. The van der Waals surface area contributed by atoms with Crippen LogP contribution in [-0.4, -0.2) is 46.5 Å². The molecule has 0 amide bonds. The van der Waals surface area contributed by atoms with Crippen molar-refractivity contribution in [1.82, 2.24) is 9.97 Å². The fourth-order valence-electron chi connectivity index (χ4n) is 2.96. The van der Waals surface area contributed by atoms with Crippen molar-refractivity contribution in [3.05, 3.63) is 16.8 Å². The van der Waals surface area contributed by atoms with Crippen LogP contribution in [0.5, 0.6) is 0 Å². The Morgan fingerprint density at radius 2 is 2.19 bits per heavy atom. The van der Waals surface area contributed by atoms with Crippen LogP contribution in [-0.2, 0) is 4.74 Å². The Kier molecular flexibility index (Phi) is 3.63. The fourth-order valence-corrected chi connectivity index (χ4v) is 3.95. The maximum atomic E-state index is 9.48. The van der Waals surface area contributed by atoms with E-state index in [1.807, 2.05) is 13.8 Å². The molecule has 1 aliphatic heterocycles. The molecular weight excluding hydrogens is 286 g/mol. The van der Waals surface area contributed by atoms with Gasteiger partial charge in [-0.2, -0.15) is 0 Å². The predicted octanol–water partition coefficient (Wildman–Crippen LogP) is 2.28. The maximum Gasteiger partial charge on any atom is 0.141 e. The molecular formula is C15H21N3O2S. The minimum Gasteiger partial charge on any atom is -0.394 e. The topological polar surface area (TPSA) is 58.5 Å². The molecule has 1 fully saturated rings. The van der Waals surface area contributed by atoms with Gasteiger partial charge in [-0.05, 0) is 33.3 Å². The largest absolute Gasteiger partial charge is 0.394 e. The number of aliphatic hydroxyl groups is 1. The number of hydrogen-bond donors (Lipinski definition) is 1. The average Bonchev–Trinajstić information content (AvgIpc) is 2.72. The summed E-state index contributed by atoms with van der Waals surface area (Å²) >= 11 is 1.70. The zero-order valence-corrected chi connectivity index (χ0v) is 13.7. The summed E-state index contributed by atoms with van der Waals surface area (Å²) in [5, 5.41) is 10.6. The molecule has 6 heteroatoms. The van der Waals surface area contributed by atoms with Crippen LogP contribution in [0.25, 0.3) is 10.2 Å². The second kappa shape index (κ2) is 5.19. The van der Waals surface area contributed by atoms with E-state index in [1.165, 1.54) is 10.4 Å². The lowest BCUT2D eigenvalue weighted by molar-refractivity contribution is -0.101. The smallest absolute Gasteiger partial charge is 0.141 e. The molecule has 5 nitrogen and oxygen atoms in total. The van der Waals surface area contributed by atoms with Gasteiger partial charge in [-0.1, -0.05) is 0 Å². The molecule has 3 rings (SSSR count). The molecule has 2 aromatic heterocycles. The molecule has 1 N–H and O–H groups in total. The van der Waals surface area contributed by atoms with E-state index in [0.717, 1.165) is 22.6 Å². The number of rotatable bonds is 2. The summed E-state index contributed by atoms with van der Waals surface area (Å²) in [6.07, 6.45) is 1.45. The Morgan fingerprint density at radius 3 is 2.90 bits per heavy atom. The minimum absolute atomic E-state index is 0.0236. The molecule has 3 heterocycles. The fraction of sp³-hybridized carbons (Fsp3) is 0.600. The van der Waals surface area contributed by atoms with Crippen LogP contribution in [0.3, 0.4) is 0 Å². The zero-order valence-electron chi connectivity index (χ0n) is 12.9. The first-order valence-electron chi connectivity index (χ1n) is 7.15. The summed E-state index contributed by atoms with van der Waals surface area (Å²) in [4.78, 5) is 13.4. The first-order chi connectivity index (χ1) is 9.91. The van der Waals surface area contributed by atoms with Crippen molar-refractivity contribution in [2.45, 2.75) is 39.4 Å². The number of aliphatic hydroxyl groups excluding tert-OH is 1. The van der Waals surface area contributed by atoms with Crippen molar-refractivity contribution in [3.63, 3.8) is 0 Å². The third-order valence-electron chi connectivity index (χ3n) is 3.93. The summed E-state index contributed by atoms with van der Waals surface area (Å²) in [5.41, 5.74) is 0.942. The number of anilines is 1. The van der Waals surface area contributed by atoms with Gasteiger partial charge in [0, 0.05) is 18.0 Å². The molecule has 1 unspecified atom stereocenters. The lowest BCUT2D eigenvalue weighted by atomic mass is 10.0.